The van der Waals surface area contributed by atoms with Gasteiger partial charge in [-0.2, -0.15) is 0 Å². The van der Waals surface area contributed by atoms with Gasteiger partial charge in [0.1, 0.15) is 6.04 Å². The number of hydrogen-bond donors (Lipinski definition) is 2. The Morgan fingerprint density at radius 3 is 2.68 bits per heavy atom. The smallest absolute Gasteiger partial charge is 0.287 e. The fraction of sp³-hybridized carbons (Fsp3) is 0.333. The van der Waals surface area contributed by atoms with E-state index in [0.29, 0.717) is 18.0 Å². The average molecular weight is 344 g/mol. The molecule has 2 N–H and O–H groups in total. The van der Waals surface area contributed by atoms with E-state index in [0.717, 1.165) is 5.56 Å². The van der Waals surface area contributed by atoms with Crippen LogP contribution in [-0.4, -0.2) is 24.6 Å². The van der Waals surface area contributed by atoms with Crippen LogP contribution in [0.1, 0.15) is 30.0 Å². The molecule has 0 aliphatic carbocycles. The minimum atomic E-state index is -0.661. The number of carbonyl (C=O) groups is 2. The third-order valence-electron chi connectivity index (χ3n) is 3.88. The summed E-state index contributed by atoms with van der Waals surface area (Å²) in [5.74, 6) is 0.790. The molecule has 1 aromatic heterocycles. The van der Waals surface area contributed by atoms with Gasteiger partial charge in [0.2, 0.25) is 12.7 Å². The summed E-state index contributed by atoms with van der Waals surface area (Å²) in [5, 5.41) is 5.55. The largest absolute Gasteiger partial charge is 0.459 e. The lowest BCUT2D eigenvalue weighted by Crippen LogP contribution is -2.49. The number of rotatable bonds is 6. The van der Waals surface area contributed by atoms with Crippen molar-refractivity contribution in [3.8, 4) is 11.5 Å². The lowest BCUT2D eigenvalue weighted by atomic mass is 10.0. The Balaban J connectivity index is 1.60. The normalized spacial score (nSPS) is 13.6. The fourth-order valence-electron chi connectivity index (χ4n) is 2.51. The summed E-state index contributed by atoms with van der Waals surface area (Å²) >= 11 is 0. The standard InChI is InChI=1S/C18H20N2O5/c1-11(2)16(20-17(21)14-4-3-7-23-14)18(22)19-9-12-5-6-13-15(8-12)25-10-24-13/h3-8,11,16H,9-10H2,1-2H3,(H,19,22)(H,20,21)/t16-/m0/s1. The van der Waals surface area contributed by atoms with Gasteiger partial charge in [-0.1, -0.05) is 19.9 Å². The molecule has 7 heteroatoms. The van der Waals surface area contributed by atoms with Gasteiger partial charge < -0.3 is 24.5 Å². The van der Waals surface area contributed by atoms with Gasteiger partial charge in [0.25, 0.3) is 5.91 Å². The Hall–Kier alpha value is -2.96. The maximum Gasteiger partial charge on any atom is 0.287 e. The molecule has 2 aromatic rings. The molecule has 0 fully saturated rings. The van der Waals surface area contributed by atoms with Crippen molar-refractivity contribution in [3.63, 3.8) is 0 Å². The molecule has 132 valence electrons. The molecule has 1 aromatic carbocycles. The second-order valence-electron chi connectivity index (χ2n) is 6.08. The first kappa shape index (κ1) is 16.9. The molecule has 2 amide bonds. The van der Waals surface area contributed by atoms with Gasteiger partial charge in [-0.25, -0.2) is 0 Å². The van der Waals surface area contributed by atoms with Crippen molar-refractivity contribution >= 4 is 11.8 Å². The summed E-state index contributed by atoms with van der Waals surface area (Å²) < 4.78 is 15.6. The van der Waals surface area contributed by atoms with Crippen molar-refractivity contribution < 1.29 is 23.5 Å². The van der Waals surface area contributed by atoms with Crippen molar-refractivity contribution in [2.45, 2.75) is 26.4 Å². The Morgan fingerprint density at radius 2 is 1.96 bits per heavy atom. The van der Waals surface area contributed by atoms with Crippen molar-refractivity contribution in [3.05, 3.63) is 47.9 Å². The van der Waals surface area contributed by atoms with Crippen molar-refractivity contribution in [2.24, 2.45) is 5.92 Å². The van der Waals surface area contributed by atoms with Crippen LogP contribution in [0.25, 0.3) is 0 Å². The van der Waals surface area contributed by atoms with Gasteiger partial charge >= 0.3 is 0 Å². The molecule has 0 spiro atoms. The summed E-state index contributed by atoms with van der Waals surface area (Å²) in [7, 11) is 0. The third-order valence-corrected chi connectivity index (χ3v) is 3.88. The summed E-state index contributed by atoms with van der Waals surface area (Å²) in [6.45, 7) is 4.27. The highest BCUT2D eigenvalue weighted by atomic mass is 16.7. The van der Waals surface area contributed by atoms with Crippen LogP contribution in [0.4, 0.5) is 0 Å². The molecule has 0 saturated heterocycles. The maximum absolute atomic E-state index is 12.5. The van der Waals surface area contributed by atoms with Crippen LogP contribution in [0.15, 0.2) is 41.0 Å². The van der Waals surface area contributed by atoms with Crippen molar-refractivity contribution in [1.29, 1.82) is 0 Å². The van der Waals surface area contributed by atoms with Crippen LogP contribution >= 0.6 is 0 Å². The molecule has 0 bridgehead atoms. The number of fused-ring (bicyclic) bond motifs is 1. The molecular weight excluding hydrogens is 324 g/mol. The SMILES string of the molecule is CC(C)[C@H](NC(=O)c1ccco1)C(=O)NCc1ccc2c(c1)OCO2. The van der Waals surface area contributed by atoms with Gasteiger partial charge in [-0.15, -0.1) is 0 Å². The van der Waals surface area contributed by atoms with Crippen LogP contribution < -0.4 is 20.1 Å². The molecule has 1 aliphatic rings. The lowest BCUT2D eigenvalue weighted by Gasteiger charge is -2.21. The lowest BCUT2D eigenvalue weighted by molar-refractivity contribution is -0.124. The molecular formula is C18H20N2O5. The molecule has 2 heterocycles. The first-order valence-corrected chi connectivity index (χ1v) is 8.05. The van der Waals surface area contributed by atoms with E-state index in [9.17, 15) is 9.59 Å². The Bertz CT molecular complexity index is 755. The minimum absolute atomic E-state index is 0.0735. The fourth-order valence-corrected chi connectivity index (χ4v) is 2.51. The van der Waals surface area contributed by atoms with E-state index in [1.54, 1.807) is 12.1 Å². The number of benzene rings is 1. The predicted octanol–water partition coefficient (Wildman–Crippen LogP) is 2.08. The quantitative estimate of drug-likeness (QED) is 0.837. The van der Waals surface area contributed by atoms with Crippen LogP contribution in [0.2, 0.25) is 0 Å². The molecule has 7 nitrogen and oxygen atoms in total. The first-order chi connectivity index (χ1) is 12.0. The van der Waals surface area contributed by atoms with E-state index in [4.69, 9.17) is 13.9 Å². The van der Waals surface area contributed by atoms with Gasteiger partial charge in [0.15, 0.2) is 17.3 Å². The van der Waals surface area contributed by atoms with Gasteiger partial charge in [-0.3, -0.25) is 9.59 Å². The second kappa shape index (κ2) is 7.29. The average Bonchev–Trinajstić information content (AvgIpc) is 3.27. The molecule has 1 atom stereocenters. The van der Waals surface area contributed by atoms with Crippen LogP contribution in [0.3, 0.4) is 0 Å². The van der Waals surface area contributed by atoms with E-state index in [1.165, 1.54) is 6.26 Å². The number of furan rings is 1. The van der Waals surface area contributed by atoms with E-state index in [1.807, 2.05) is 32.0 Å². The summed E-state index contributed by atoms with van der Waals surface area (Å²) in [6.07, 6.45) is 1.42. The zero-order valence-corrected chi connectivity index (χ0v) is 14.1. The highest BCUT2D eigenvalue weighted by molar-refractivity contribution is 5.95. The molecule has 1 aliphatic heterocycles. The van der Waals surface area contributed by atoms with Crippen molar-refractivity contribution in [2.75, 3.05) is 6.79 Å². The summed E-state index contributed by atoms with van der Waals surface area (Å²) in [6, 6.07) is 8.01. The number of amides is 2. The van der Waals surface area contributed by atoms with E-state index < -0.39 is 11.9 Å². The highest BCUT2D eigenvalue weighted by Gasteiger charge is 2.25. The zero-order valence-electron chi connectivity index (χ0n) is 14.1. The number of carbonyl (C=O) groups excluding carboxylic acids is 2. The molecule has 0 radical (unpaired) electrons. The Morgan fingerprint density at radius 1 is 1.16 bits per heavy atom. The molecule has 25 heavy (non-hydrogen) atoms. The van der Waals surface area contributed by atoms with Gasteiger partial charge in [0.05, 0.1) is 6.26 Å². The minimum Gasteiger partial charge on any atom is -0.459 e. The molecule has 0 unspecified atom stereocenters. The Kier molecular flexibility index (Phi) is 4.92. The predicted molar refractivity (Wildman–Crippen MR) is 89.2 cm³/mol. The van der Waals surface area contributed by atoms with E-state index >= 15 is 0 Å². The maximum atomic E-state index is 12.5. The van der Waals surface area contributed by atoms with Crippen LogP contribution in [-0.2, 0) is 11.3 Å². The highest BCUT2D eigenvalue weighted by Crippen LogP contribution is 2.32. The van der Waals surface area contributed by atoms with E-state index in [2.05, 4.69) is 10.6 Å². The Labute approximate surface area is 145 Å². The van der Waals surface area contributed by atoms with Gasteiger partial charge in [-0.05, 0) is 35.7 Å². The van der Waals surface area contributed by atoms with Crippen LogP contribution in [0, 0.1) is 5.92 Å². The first-order valence-electron chi connectivity index (χ1n) is 8.05. The molecule has 3 rings (SSSR count). The number of hydrogen-bond acceptors (Lipinski definition) is 5. The van der Waals surface area contributed by atoms with Crippen molar-refractivity contribution in [1.82, 2.24) is 10.6 Å². The summed E-state index contributed by atoms with van der Waals surface area (Å²) in [5.41, 5.74) is 0.887. The molecule has 0 saturated carbocycles. The summed E-state index contributed by atoms with van der Waals surface area (Å²) in [4.78, 5) is 24.6. The topological polar surface area (TPSA) is 89.8 Å². The van der Waals surface area contributed by atoms with Gasteiger partial charge in [0, 0.05) is 6.54 Å². The number of nitrogens with one attached hydrogen (secondary N) is 2. The zero-order chi connectivity index (χ0) is 17.8. The van der Waals surface area contributed by atoms with E-state index in [-0.39, 0.29) is 24.4 Å². The number of ether oxygens (including phenoxy) is 2. The monoisotopic (exact) mass is 344 g/mol. The second-order valence-corrected chi connectivity index (χ2v) is 6.08. The third kappa shape index (κ3) is 3.93. The van der Waals surface area contributed by atoms with Crippen LogP contribution in [0.5, 0.6) is 11.5 Å².